The molecule has 0 N–H and O–H groups in total. The van der Waals surface area contributed by atoms with Crippen LogP contribution in [-0.4, -0.2) is 24.1 Å². The maximum Gasteiger partial charge on any atom is 0.345 e. The minimum atomic E-state index is -0.774. The van der Waals surface area contributed by atoms with E-state index < -0.39 is 10.9 Å². The van der Waals surface area contributed by atoms with Crippen molar-refractivity contribution >= 4 is 23.3 Å². The van der Waals surface area contributed by atoms with Crippen molar-refractivity contribution in [3.63, 3.8) is 0 Å². The molecule has 0 bridgehead atoms. The topological polar surface area (TPSA) is 87.9 Å². The minimum Gasteiger partial charge on any atom is -0.489 e. The number of para-hydroxylation sites is 1. The van der Waals surface area contributed by atoms with Crippen LogP contribution in [0.4, 0.5) is 5.69 Å². The molecule has 7 nitrogen and oxygen atoms in total. The van der Waals surface area contributed by atoms with Gasteiger partial charge in [-0.1, -0.05) is 23.7 Å². The van der Waals surface area contributed by atoms with Crippen molar-refractivity contribution in [1.29, 1.82) is 0 Å². The first-order valence-electron chi connectivity index (χ1n) is 7.96. The van der Waals surface area contributed by atoms with E-state index in [1.807, 2.05) is 0 Å². The van der Waals surface area contributed by atoms with Crippen molar-refractivity contribution in [1.82, 2.24) is 0 Å². The Morgan fingerprint density at radius 3 is 2.85 bits per heavy atom. The van der Waals surface area contributed by atoms with Gasteiger partial charge in [0.25, 0.3) is 5.69 Å². The summed E-state index contributed by atoms with van der Waals surface area (Å²) in [6.07, 6.45) is 0.742. The molecule has 0 amide bonds. The van der Waals surface area contributed by atoms with Gasteiger partial charge in [-0.05, 0) is 30.7 Å². The summed E-state index contributed by atoms with van der Waals surface area (Å²) in [6.45, 7) is 2.49. The number of halogens is 1. The Morgan fingerprint density at radius 1 is 1.31 bits per heavy atom. The highest BCUT2D eigenvalue weighted by Gasteiger charge is 2.24. The summed E-state index contributed by atoms with van der Waals surface area (Å²) in [4.78, 5) is 22.9. The Balaban J connectivity index is 1.79. The molecule has 0 aliphatic carbocycles. The molecule has 26 heavy (non-hydrogen) atoms. The van der Waals surface area contributed by atoms with Crippen LogP contribution in [0, 0.1) is 17.0 Å². The largest absolute Gasteiger partial charge is 0.489 e. The maximum atomic E-state index is 12.3. The normalized spacial score (nSPS) is 13.0. The van der Waals surface area contributed by atoms with Crippen molar-refractivity contribution in [2.75, 3.05) is 13.2 Å². The third-order valence-electron chi connectivity index (χ3n) is 3.87. The summed E-state index contributed by atoms with van der Waals surface area (Å²) in [5.74, 6) is 0.180. The molecule has 0 fully saturated rings. The van der Waals surface area contributed by atoms with Gasteiger partial charge >= 0.3 is 5.97 Å². The monoisotopic (exact) mass is 377 g/mol. The first-order valence-corrected chi connectivity index (χ1v) is 8.34. The predicted octanol–water partition coefficient (Wildman–Crippen LogP) is 4.07. The highest BCUT2D eigenvalue weighted by Crippen LogP contribution is 2.38. The van der Waals surface area contributed by atoms with Crippen molar-refractivity contribution < 1.29 is 23.9 Å². The fourth-order valence-corrected chi connectivity index (χ4v) is 2.95. The van der Waals surface area contributed by atoms with Crippen LogP contribution in [0.3, 0.4) is 0 Å². The number of ether oxygens (including phenoxy) is 3. The molecule has 0 radical (unpaired) electrons. The lowest BCUT2D eigenvalue weighted by molar-refractivity contribution is -0.385. The van der Waals surface area contributed by atoms with E-state index in [1.165, 1.54) is 6.07 Å². The molecular formula is C18H16ClNO6. The lowest BCUT2D eigenvalue weighted by Gasteiger charge is -2.12. The summed E-state index contributed by atoms with van der Waals surface area (Å²) in [7, 11) is 0. The van der Waals surface area contributed by atoms with E-state index in [0.29, 0.717) is 40.9 Å². The second-order valence-electron chi connectivity index (χ2n) is 5.76. The molecule has 1 aliphatic rings. The van der Waals surface area contributed by atoms with Crippen LogP contribution in [0.5, 0.6) is 11.5 Å². The van der Waals surface area contributed by atoms with Crippen molar-refractivity contribution in [3.05, 3.63) is 62.2 Å². The third kappa shape index (κ3) is 3.72. The van der Waals surface area contributed by atoms with E-state index in [-0.39, 0.29) is 17.9 Å². The Kier molecular flexibility index (Phi) is 5.27. The molecule has 0 saturated carbocycles. The van der Waals surface area contributed by atoms with Gasteiger partial charge in [0.1, 0.15) is 12.2 Å². The van der Waals surface area contributed by atoms with Gasteiger partial charge in [-0.2, -0.15) is 0 Å². The molecule has 1 heterocycles. The molecule has 0 atom stereocenters. The zero-order valence-electron chi connectivity index (χ0n) is 14.0. The van der Waals surface area contributed by atoms with Crippen LogP contribution < -0.4 is 9.47 Å². The smallest absolute Gasteiger partial charge is 0.345 e. The van der Waals surface area contributed by atoms with Gasteiger partial charge in [0.2, 0.25) is 0 Å². The number of fused-ring (bicyclic) bond motifs is 1. The Morgan fingerprint density at radius 2 is 2.08 bits per heavy atom. The molecule has 0 aromatic heterocycles. The summed E-state index contributed by atoms with van der Waals surface area (Å²) in [5.41, 5.74) is 0.649. The fraction of sp³-hybridized carbons (Fsp3) is 0.278. The highest BCUT2D eigenvalue weighted by atomic mass is 35.5. The second-order valence-corrected chi connectivity index (χ2v) is 6.17. The number of hydrogen-bond donors (Lipinski definition) is 0. The lowest BCUT2D eigenvalue weighted by atomic mass is 10.1. The molecule has 136 valence electrons. The van der Waals surface area contributed by atoms with Crippen molar-refractivity contribution in [3.8, 4) is 11.5 Å². The van der Waals surface area contributed by atoms with Crippen LogP contribution in [0.25, 0.3) is 0 Å². The zero-order valence-corrected chi connectivity index (χ0v) is 14.7. The molecule has 0 spiro atoms. The average Bonchev–Trinajstić information content (AvgIpc) is 2.85. The van der Waals surface area contributed by atoms with Gasteiger partial charge in [-0.25, -0.2) is 4.79 Å². The molecule has 2 aromatic rings. The van der Waals surface area contributed by atoms with Gasteiger partial charge in [-0.3, -0.25) is 10.1 Å². The van der Waals surface area contributed by atoms with Crippen molar-refractivity contribution in [2.24, 2.45) is 0 Å². The number of nitrogens with zero attached hydrogens (tertiary/aromatic N) is 1. The van der Waals surface area contributed by atoms with Crippen molar-refractivity contribution in [2.45, 2.75) is 20.0 Å². The number of carbonyl (C=O) groups excluding carboxylic acids is 1. The Hall–Kier alpha value is -2.80. The second kappa shape index (κ2) is 7.61. The van der Waals surface area contributed by atoms with Gasteiger partial charge in [0, 0.05) is 12.0 Å². The van der Waals surface area contributed by atoms with Crippen LogP contribution in [-0.2, 0) is 11.3 Å². The fourth-order valence-electron chi connectivity index (χ4n) is 2.66. The van der Waals surface area contributed by atoms with E-state index in [9.17, 15) is 14.9 Å². The van der Waals surface area contributed by atoms with Crippen LogP contribution in [0.1, 0.15) is 27.9 Å². The first kappa shape index (κ1) is 18.0. The number of rotatable bonds is 4. The molecule has 3 rings (SSSR count). The van der Waals surface area contributed by atoms with Crippen LogP contribution in [0.15, 0.2) is 30.3 Å². The Labute approximate surface area is 154 Å². The van der Waals surface area contributed by atoms with E-state index in [1.54, 1.807) is 31.2 Å². The zero-order chi connectivity index (χ0) is 18.7. The highest BCUT2D eigenvalue weighted by molar-refractivity contribution is 6.32. The van der Waals surface area contributed by atoms with Gasteiger partial charge in [0.15, 0.2) is 11.5 Å². The average molecular weight is 378 g/mol. The van der Waals surface area contributed by atoms with E-state index >= 15 is 0 Å². The summed E-state index contributed by atoms with van der Waals surface area (Å²) >= 11 is 6.20. The number of hydrogen-bond acceptors (Lipinski definition) is 6. The SMILES string of the molecule is Cc1cccc(C(=O)OCc2cc(Cl)c3c(c2)OCCCO3)c1[N+](=O)[O-]. The quantitative estimate of drug-likeness (QED) is 0.453. The van der Waals surface area contributed by atoms with E-state index in [2.05, 4.69) is 0 Å². The van der Waals surface area contributed by atoms with Gasteiger partial charge < -0.3 is 14.2 Å². The molecule has 2 aromatic carbocycles. The maximum absolute atomic E-state index is 12.3. The number of nitro benzene ring substituents is 1. The number of aryl methyl sites for hydroxylation is 1. The number of benzene rings is 2. The van der Waals surface area contributed by atoms with E-state index in [4.69, 9.17) is 25.8 Å². The molecule has 0 unspecified atom stereocenters. The molecule has 0 saturated heterocycles. The summed E-state index contributed by atoms with van der Waals surface area (Å²) in [5, 5.41) is 11.6. The number of esters is 1. The van der Waals surface area contributed by atoms with Gasteiger partial charge in [0.05, 0.1) is 23.2 Å². The number of nitro groups is 1. The van der Waals surface area contributed by atoms with Crippen LogP contribution >= 0.6 is 11.6 Å². The minimum absolute atomic E-state index is 0.0876. The number of carbonyl (C=O) groups is 1. The molecule has 1 aliphatic heterocycles. The molecule has 8 heteroatoms. The molecular weight excluding hydrogens is 362 g/mol. The third-order valence-corrected chi connectivity index (χ3v) is 4.15. The standard InChI is InChI=1S/C18H16ClNO6/c1-11-4-2-5-13(16(11)20(22)23)18(21)26-10-12-8-14(19)17-15(9-12)24-6-3-7-25-17/h2,4-5,8-9H,3,6-7,10H2,1H3. The Bertz CT molecular complexity index is 867. The van der Waals surface area contributed by atoms with Crippen LogP contribution in [0.2, 0.25) is 5.02 Å². The van der Waals surface area contributed by atoms with E-state index in [0.717, 1.165) is 6.42 Å². The summed E-state index contributed by atoms with van der Waals surface area (Å²) < 4.78 is 16.4. The lowest BCUT2D eigenvalue weighted by Crippen LogP contribution is -2.09. The predicted molar refractivity (Wildman–Crippen MR) is 94.0 cm³/mol. The summed E-state index contributed by atoms with van der Waals surface area (Å²) in [6, 6.07) is 7.81. The first-order chi connectivity index (χ1) is 12.5. The van der Waals surface area contributed by atoms with Gasteiger partial charge in [-0.15, -0.1) is 0 Å².